The predicted octanol–water partition coefficient (Wildman–Crippen LogP) is 7.23. The molecular formula is C14H7BrCl3F3. The molecule has 0 N–H and O–H groups in total. The molecule has 0 saturated heterocycles. The van der Waals surface area contributed by atoms with Crippen molar-refractivity contribution >= 4 is 50.7 Å². The molecular weight excluding hydrogens is 411 g/mol. The first-order valence-corrected chi connectivity index (χ1v) is 7.91. The average Bonchev–Trinajstić information content (AvgIpc) is 2.43. The molecule has 21 heavy (non-hydrogen) atoms. The fraction of sp³-hybridized carbons (Fsp3) is 0.143. The van der Waals surface area contributed by atoms with Gasteiger partial charge in [0.25, 0.3) is 0 Å². The third kappa shape index (κ3) is 3.50. The van der Waals surface area contributed by atoms with Crippen LogP contribution in [0.3, 0.4) is 0 Å². The minimum Gasteiger partial charge on any atom is -0.166 e. The highest BCUT2D eigenvalue weighted by atomic mass is 79.9. The van der Waals surface area contributed by atoms with Crippen LogP contribution >= 0.6 is 50.7 Å². The van der Waals surface area contributed by atoms with Crippen LogP contribution in [0.15, 0.2) is 30.3 Å². The molecule has 112 valence electrons. The monoisotopic (exact) mass is 416 g/mol. The van der Waals surface area contributed by atoms with Gasteiger partial charge in [0.2, 0.25) is 0 Å². The van der Waals surface area contributed by atoms with Crippen LogP contribution in [0.4, 0.5) is 13.2 Å². The second kappa shape index (κ2) is 6.37. The van der Waals surface area contributed by atoms with Crippen LogP contribution in [0.25, 0.3) is 11.1 Å². The summed E-state index contributed by atoms with van der Waals surface area (Å²) in [5, 5.41) is 0.552. The topological polar surface area (TPSA) is 0 Å². The lowest BCUT2D eigenvalue weighted by Crippen LogP contribution is -2.08. The van der Waals surface area contributed by atoms with Gasteiger partial charge < -0.3 is 0 Å². The third-order valence-corrected chi connectivity index (χ3v) is 4.81. The molecule has 0 aliphatic carbocycles. The lowest BCUT2D eigenvalue weighted by atomic mass is 9.97. The van der Waals surface area contributed by atoms with Crippen molar-refractivity contribution in [2.24, 2.45) is 0 Å². The van der Waals surface area contributed by atoms with E-state index in [1.807, 2.05) is 0 Å². The fourth-order valence-electron chi connectivity index (χ4n) is 1.88. The standard InChI is InChI=1S/C14H7BrCl3F3/c15-6-7-1-2-8(10(5-7)14(19,20)21)9-3-4-11(16)13(18)12(9)17/h1-5H,6H2. The summed E-state index contributed by atoms with van der Waals surface area (Å²) in [4.78, 5) is 0. The molecule has 0 spiro atoms. The van der Waals surface area contributed by atoms with Crippen molar-refractivity contribution in [1.29, 1.82) is 0 Å². The van der Waals surface area contributed by atoms with Crippen molar-refractivity contribution in [3.63, 3.8) is 0 Å². The van der Waals surface area contributed by atoms with E-state index in [0.717, 1.165) is 6.07 Å². The lowest BCUT2D eigenvalue weighted by Gasteiger charge is -2.16. The van der Waals surface area contributed by atoms with E-state index in [1.54, 1.807) is 6.07 Å². The van der Waals surface area contributed by atoms with E-state index in [2.05, 4.69) is 15.9 Å². The molecule has 0 saturated carbocycles. The van der Waals surface area contributed by atoms with E-state index in [9.17, 15) is 13.2 Å². The lowest BCUT2D eigenvalue weighted by molar-refractivity contribution is -0.137. The molecule has 7 heteroatoms. The molecule has 0 amide bonds. The normalized spacial score (nSPS) is 11.8. The SMILES string of the molecule is FC(F)(F)c1cc(CBr)ccc1-c1ccc(Cl)c(Cl)c1Cl. The summed E-state index contributed by atoms with van der Waals surface area (Å²) in [5.41, 5.74) is -0.0859. The van der Waals surface area contributed by atoms with Crippen LogP contribution in [0.2, 0.25) is 15.1 Å². The Morgan fingerprint density at radius 1 is 0.905 bits per heavy atom. The Balaban J connectivity index is 2.72. The summed E-state index contributed by atoms with van der Waals surface area (Å²) < 4.78 is 39.7. The van der Waals surface area contributed by atoms with Gasteiger partial charge in [0.05, 0.1) is 20.6 Å². The summed E-state index contributed by atoms with van der Waals surface area (Å²) in [6, 6.07) is 6.91. The maximum Gasteiger partial charge on any atom is 0.417 e. The summed E-state index contributed by atoms with van der Waals surface area (Å²) in [5.74, 6) is 0. The predicted molar refractivity (Wildman–Crippen MR) is 84.5 cm³/mol. The zero-order valence-electron chi connectivity index (χ0n) is 10.2. The van der Waals surface area contributed by atoms with Crippen molar-refractivity contribution in [3.8, 4) is 11.1 Å². The van der Waals surface area contributed by atoms with Gasteiger partial charge in [-0.3, -0.25) is 0 Å². The van der Waals surface area contributed by atoms with Gasteiger partial charge in [-0.25, -0.2) is 0 Å². The molecule has 0 aromatic heterocycles. The Bertz CT molecular complexity index is 684. The van der Waals surface area contributed by atoms with Crippen molar-refractivity contribution in [3.05, 3.63) is 56.5 Å². The number of hydrogen-bond acceptors (Lipinski definition) is 0. The van der Waals surface area contributed by atoms with Crippen LogP contribution in [-0.2, 0) is 11.5 Å². The molecule has 0 nitrogen and oxygen atoms in total. The second-order valence-electron chi connectivity index (χ2n) is 4.23. The number of halogens is 7. The van der Waals surface area contributed by atoms with Crippen LogP contribution in [0.5, 0.6) is 0 Å². The largest absolute Gasteiger partial charge is 0.417 e. The van der Waals surface area contributed by atoms with Crippen molar-refractivity contribution in [1.82, 2.24) is 0 Å². The van der Waals surface area contributed by atoms with Crippen LogP contribution < -0.4 is 0 Å². The van der Waals surface area contributed by atoms with Gasteiger partial charge in [-0.2, -0.15) is 13.2 Å². The number of rotatable bonds is 2. The van der Waals surface area contributed by atoms with Gasteiger partial charge in [0.1, 0.15) is 0 Å². The van der Waals surface area contributed by atoms with Gasteiger partial charge in [-0.1, -0.05) is 68.9 Å². The van der Waals surface area contributed by atoms with Gasteiger partial charge in [-0.15, -0.1) is 0 Å². The highest BCUT2D eigenvalue weighted by molar-refractivity contribution is 9.08. The Morgan fingerprint density at radius 3 is 2.10 bits per heavy atom. The third-order valence-electron chi connectivity index (χ3n) is 2.87. The molecule has 2 aromatic rings. The summed E-state index contributed by atoms with van der Waals surface area (Å²) in [7, 11) is 0. The molecule has 0 aliphatic rings. The van der Waals surface area contributed by atoms with Crippen LogP contribution in [0.1, 0.15) is 11.1 Å². The van der Waals surface area contributed by atoms with E-state index in [1.165, 1.54) is 18.2 Å². The number of benzene rings is 2. The maximum absolute atomic E-state index is 13.2. The summed E-state index contributed by atoms with van der Waals surface area (Å²) in [6.45, 7) is 0. The molecule has 2 rings (SSSR count). The minimum atomic E-state index is -4.50. The Morgan fingerprint density at radius 2 is 1.52 bits per heavy atom. The van der Waals surface area contributed by atoms with Crippen molar-refractivity contribution < 1.29 is 13.2 Å². The van der Waals surface area contributed by atoms with Crippen LogP contribution in [0, 0.1) is 0 Å². The van der Waals surface area contributed by atoms with Crippen LogP contribution in [-0.4, -0.2) is 0 Å². The van der Waals surface area contributed by atoms with Gasteiger partial charge in [0.15, 0.2) is 0 Å². The van der Waals surface area contributed by atoms with E-state index < -0.39 is 11.7 Å². The van der Waals surface area contributed by atoms with E-state index in [-0.39, 0.29) is 26.2 Å². The fourth-order valence-corrected chi connectivity index (χ4v) is 2.86. The smallest absolute Gasteiger partial charge is 0.166 e. The number of alkyl halides is 4. The first kappa shape index (κ1) is 16.9. The number of hydrogen-bond donors (Lipinski definition) is 0. The van der Waals surface area contributed by atoms with Gasteiger partial charge >= 0.3 is 6.18 Å². The molecule has 0 atom stereocenters. The van der Waals surface area contributed by atoms with E-state index in [0.29, 0.717) is 10.9 Å². The van der Waals surface area contributed by atoms with Crippen molar-refractivity contribution in [2.45, 2.75) is 11.5 Å². The summed E-state index contributed by atoms with van der Waals surface area (Å²) >= 11 is 20.9. The quantitative estimate of drug-likeness (QED) is 0.357. The zero-order valence-corrected chi connectivity index (χ0v) is 14.1. The average molecular weight is 418 g/mol. The van der Waals surface area contributed by atoms with Gasteiger partial charge in [-0.05, 0) is 23.3 Å². The second-order valence-corrected chi connectivity index (χ2v) is 5.96. The maximum atomic E-state index is 13.2. The summed E-state index contributed by atoms with van der Waals surface area (Å²) in [6.07, 6.45) is -4.50. The molecule has 0 unspecified atom stereocenters. The highest BCUT2D eigenvalue weighted by Crippen LogP contribution is 2.43. The Labute approximate surface area is 142 Å². The zero-order chi connectivity index (χ0) is 15.8. The van der Waals surface area contributed by atoms with Gasteiger partial charge in [0, 0.05) is 10.9 Å². The molecule has 0 fully saturated rings. The minimum absolute atomic E-state index is 0.00117. The molecule has 0 heterocycles. The highest BCUT2D eigenvalue weighted by Gasteiger charge is 2.34. The molecule has 0 aliphatic heterocycles. The Hall–Kier alpha value is -0.420. The van der Waals surface area contributed by atoms with E-state index in [4.69, 9.17) is 34.8 Å². The van der Waals surface area contributed by atoms with E-state index >= 15 is 0 Å². The first-order chi connectivity index (χ1) is 9.75. The molecule has 2 aromatic carbocycles. The first-order valence-electron chi connectivity index (χ1n) is 5.65. The van der Waals surface area contributed by atoms with Crippen molar-refractivity contribution in [2.75, 3.05) is 0 Å². The molecule has 0 radical (unpaired) electrons. The molecule has 0 bridgehead atoms. The Kier molecular flexibility index (Phi) is 5.14.